The van der Waals surface area contributed by atoms with E-state index in [0.29, 0.717) is 47.7 Å². The number of aromatic nitrogens is 4. The van der Waals surface area contributed by atoms with Crippen molar-refractivity contribution in [2.45, 2.75) is 19.0 Å². The Morgan fingerprint density at radius 1 is 1.19 bits per heavy atom. The monoisotopic (exact) mass is 498 g/mol. The SMILES string of the molecule is COc1ccc(Br)cc1NC(=O)C1CCN(c2ccc3nnc(C(F)(F)F)n3n2)CC1. The number of alkyl halides is 3. The molecule has 4 rings (SSSR count). The number of carbonyl (C=O) groups is 1. The van der Waals surface area contributed by atoms with Gasteiger partial charge in [0, 0.05) is 23.5 Å². The molecule has 8 nitrogen and oxygen atoms in total. The highest BCUT2D eigenvalue weighted by Crippen LogP contribution is 2.31. The Kier molecular flexibility index (Phi) is 5.73. The van der Waals surface area contributed by atoms with Crippen LogP contribution in [0.3, 0.4) is 0 Å². The van der Waals surface area contributed by atoms with Gasteiger partial charge in [-0.2, -0.15) is 17.7 Å². The molecule has 0 spiro atoms. The maximum absolute atomic E-state index is 13.1. The summed E-state index contributed by atoms with van der Waals surface area (Å²) in [6.07, 6.45) is -3.57. The van der Waals surface area contributed by atoms with Gasteiger partial charge in [0.1, 0.15) is 11.6 Å². The van der Waals surface area contributed by atoms with E-state index < -0.39 is 12.0 Å². The molecule has 0 atom stereocenters. The fourth-order valence-electron chi connectivity index (χ4n) is 3.51. The van der Waals surface area contributed by atoms with Gasteiger partial charge in [-0.15, -0.1) is 15.3 Å². The summed E-state index contributed by atoms with van der Waals surface area (Å²) in [6, 6.07) is 8.39. The molecule has 0 aliphatic carbocycles. The lowest BCUT2D eigenvalue weighted by Gasteiger charge is -2.32. The molecule has 1 saturated heterocycles. The predicted molar refractivity (Wildman–Crippen MR) is 110 cm³/mol. The third kappa shape index (κ3) is 4.43. The Bertz CT molecular complexity index is 1110. The molecular formula is C19H18BrF3N6O2. The Morgan fingerprint density at radius 2 is 1.94 bits per heavy atom. The highest BCUT2D eigenvalue weighted by Gasteiger charge is 2.38. The molecule has 0 radical (unpaired) electrons. The van der Waals surface area contributed by atoms with E-state index in [9.17, 15) is 18.0 Å². The Morgan fingerprint density at radius 3 is 2.61 bits per heavy atom. The zero-order chi connectivity index (χ0) is 22.2. The van der Waals surface area contributed by atoms with E-state index in [2.05, 4.69) is 36.5 Å². The van der Waals surface area contributed by atoms with E-state index in [1.165, 1.54) is 13.2 Å². The van der Waals surface area contributed by atoms with Crippen LogP contribution in [0.2, 0.25) is 0 Å². The van der Waals surface area contributed by atoms with Crippen molar-refractivity contribution in [3.8, 4) is 5.75 Å². The number of amides is 1. The van der Waals surface area contributed by atoms with Crippen LogP contribution < -0.4 is 15.0 Å². The number of carbonyl (C=O) groups excluding carboxylic acids is 1. The minimum Gasteiger partial charge on any atom is -0.495 e. The fraction of sp³-hybridized carbons (Fsp3) is 0.368. The number of halogens is 4. The quantitative estimate of drug-likeness (QED) is 0.589. The van der Waals surface area contributed by atoms with Gasteiger partial charge < -0.3 is 15.0 Å². The normalized spacial score (nSPS) is 15.3. The largest absolute Gasteiger partial charge is 0.495 e. The maximum Gasteiger partial charge on any atom is 0.453 e. The highest BCUT2D eigenvalue weighted by molar-refractivity contribution is 9.10. The Labute approximate surface area is 183 Å². The van der Waals surface area contributed by atoms with Gasteiger partial charge in [-0.1, -0.05) is 15.9 Å². The van der Waals surface area contributed by atoms with Gasteiger partial charge in [0.05, 0.1) is 12.8 Å². The van der Waals surface area contributed by atoms with Crippen molar-refractivity contribution >= 4 is 39.0 Å². The van der Waals surface area contributed by atoms with E-state index in [1.807, 2.05) is 11.0 Å². The minimum absolute atomic E-state index is 0.0216. The molecule has 12 heteroatoms. The minimum atomic E-state index is -4.65. The number of hydrogen-bond donors (Lipinski definition) is 1. The number of methoxy groups -OCH3 is 1. The van der Waals surface area contributed by atoms with Crippen LogP contribution in [0.5, 0.6) is 5.75 Å². The van der Waals surface area contributed by atoms with Gasteiger partial charge in [0.25, 0.3) is 5.82 Å². The summed E-state index contributed by atoms with van der Waals surface area (Å²) < 4.78 is 46.1. The fourth-order valence-corrected chi connectivity index (χ4v) is 3.87. The Balaban J connectivity index is 1.44. The lowest BCUT2D eigenvalue weighted by Crippen LogP contribution is -2.38. The van der Waals surface area contributed by atoms with E-state index in [4.69, 9.17) is 4.74 Å². The van der Waals surface area contributed by atoms with Crippen LogP contribution in [0.25, 0.3) is 5.65 Å². The smallest absolute Gasteiger partial charge is 0.453 e. The second-order valence-corrected chi connectivity index (χ2v) is 7.99. The average molecular weight is 499 g/mol. The van der Waals surface area contributed by atoms with E-state index in [0.717, 1.165) is 4.47 Å². The molecule has 0 saturated carbocycles. The molecule has 1 fully saturated rings. The van der Waals surface area contributed by atoms with Crippen LogP contribution >= 0.6 is 15.9 Å². The third-order valence-electron chi connectivity index (χ3n) is 5.11. The zero-order valence-electron chi connectivity index (χ0n) is 16.4. The van der Waals surface area contributed by atoms with Crippen LogP contribution in [-0.2, 0) is 11.0 Å². The molecule has 2 aromatic heterocycles. The van der Waals surface area contributed by atoms with Crippen LogP contribution in [-0.4, -0.2) is 45.9 Å². The van der Waals surface area contributed by atoms with Crippen molar-refractivity contribution in [2.24, 2.45) is 5.92 Å². The number of anilines is 2. The predicted octanol–water partition coefficient (Wildman–Crippen LogP) is 3.77. The first-order chi connectivity index (χ1) is 14.8. The standard InChI is InChI=1S/C19H18BrF3N6O2/c1-31-14-3-2-12(20)10-13(14)24-17(30)11-6-8-28(9-7-11)16-5-4-15-25-26-18(19(21,22)23)29(15)27-16/h2-5,10-11H,6-9H2,1H3,(H,24,30). The van der Waals surface area contributed by atoms with Crippen LogP contribution in [0.4, 0.5) is 24.7 Å². The second kappa shape index (κ2) is 8.33. The number of benzene rings is 1. The van der Waals surface area contributed by atoms with Gasteiger partial charge in [0.15, 0.2) is 5.65 Å². The molecule has 1 aromatic carbocycles. The lowest BCUT2D eigenvalue weighted by molar-refractivity contribution is -0.146. The molecule has 0 bridgehead atoms. The lowest BCUT2D eigenvalue weighted by atomic mass is 9.95. The van der Waals surface area contributed by atoms with Crippen molar-refractivity contribution in [3.63, 3.8) is 0 Å². The van der Waals surface area contributed by atoms with Gasteiger partial charge in [-0.05, 0) is 43.2 Å². The molecule has 1 aliphatic heterocycles. The molecule has 3 aromatic rings. The highest BCUT2D eigenvalue weighted by atomic mass is 79.9. The summed E-state index contributed by atoms with van der Waals surface area (Å²) in [5.74, 6) is -0.588. The second-order valence-electron chi connectivity index (χ2n) is 7.08. The van der Waals surface area contributed by atoms with Gasteiger partial charge in [-0.25, -0.2) is 0 Å². The van der Waals surface area contributed by atoms with Gasteiger partial charge in [-0.3, -0.25) is 4.79 Å². The molecular weight excluding hydrogens is 481 g/mol. The first-order valence-corrected chi connectivity index (χ1v) is 10.2. The number of nitrogens with zero attached hydrogens (tertiary/aromatic N) is 5. The average Bonchev–Trinajstić information content (AvgIpc) is 3.18. The molecule has 1 N–H and O–H groups in total. The van der Waals surface area contributed by atoms with Crippen molar-refractivity contribution in [2.75, 3.05) is 30.4 Å². The van der Waals surface area contributed by atoms with Crippen LogP contribution in [0.1, 0.15) is 18.7 Å². The summed E-state index contributed by atoms with van der Waals surface area (Å²) in [4.78, 5) is 14.6. The topological polar surface area (TPSA) is 84.6 Å². The van der Waals surface area contributed by atoms with E-state index in [-0.39, 0.29) is 17.5 Å². The van der Waals surface area contributed by atoms with Crippen LogP contribution in [0, 0.1) is 5.92 Å². The molecule has 1 amide bonds. The summed E-state index contributed by atoms with van der Waals surface area (Å²) in [5.41, 5.74) is 0.594. The first-order valence-electron chi connectivity index (χ1n) is 9.45. The maximum atomic E-state index is 13.1. The van der Waals surface area contributed by atoms with E-state index in [1.54, 1.807) is 18.2 Å². The Hall–Kier alpha value is -2.89. The molecule has 0 unspecified atom stereocenters. The number of rotatable bonds is 4. The van der Waals surface area contributed by atoms with Crippen LogP contribution in [0.15, 0.2) is 34.8 Å². The number of piperidine rings is 1. The number of hydrogen-bond acceptors (Lipinski definition) is 6. The van der Waals surface area contributed by atoms with Crippen molar-refractivity contribution in [1.82, 2.24) is 19.8 Å². The number of nitrogens with one attached hydrogen (secondary N) is 1. The van der Waals surface area contributed by atoms with E-state index >= 15 is 0 Å². The van der Waals surface area contributed by atoms with Crippen molar-refractivity contribution in [3.05, 3.63) is 40.6 Å². The van der Waals surface area contributed by atoms with Crippen molar-refractivity contribution in [1.29, 1.82) is 0 Å². The molecule has 164 valence electrons. The first kappa shape index (κ1) is 21.3. The number of ether oxygens (including phenoxy) is 1. The zero-order valence-corrected chi connectivity index (χ0v) is 17.9. The van der Waals surface area contributed by atoms with Gasteiger partial charge >= 0.3 is 6.18 Å². The summed E-state index contributed by atoms with van der Waals surface area (Å²) in [6.45, 7) is 0.964. The molecule has 31 heavy (non-hydrogen) atoms. The van der Waals surface area contributed by atoms with Crippen molar-refractivity contribution < 1.29 is 22.7 Å². The molecule has 1 aliphatic rings. The van der Waals surface area contributed by atoms with Gasteiger partial charge in [0.2, 0.25) is 5.91 Å². The summed E-state index contributed by atoms with van der Waals surface area (Å²) in [7, 11) is 1.53. The molecule has 3 heterocycles. The third-order valence-corrected chi connectivity index (χ3v) is 5.60. The number of fused-ring (bicyclic) bond motifs is 1. The summed E-state index contributed by atoms with van der Waals surface area (Å²) in [5, 5.41) is 13.7. The summed E-state index contributed by atoms with van der Waals surface area (Å²) >= 11 is 3.37.